The van der Waals surface area contributed by atoms with E-state index in [-0.39, 0.29) is 18.7 Å². The number of aliphatic hydroxyl groups is 1. The Hall–Kier alpha value is -1.56. The van der Waals surface area contributed by atoms with Crippen molar-refractivity contribution >= 4 is 6.03 Å². The molecule has 1 aliphatic rings. The lowest BCUT2D eigenvalue weighted by atomic mass is 9.87. The monoisotopic (exact) mass is 252 g/mol. The summed E-state index contributed by atoms with van der Waals surface area (Å²) in [4.78, 5) is 11.7. The van der Waals surface area contributed by atoms with Crippen molar-refractivity contribution in [1.29, 1.82) is 0 Å². The Labute approximate surface area is 106 Å². The molecule has 6 heteroatoms. The van der Waals surface area contributed by atoms with Crippen molar-refractivity contribution in [2.45, 2.75) is 38.3 Å². The van der Waals surface area contributed by atoms with Gasteiger partial charge in [-0.05, 0) is 37.7 Å². The number of aliphatic hydroxyl groups excluding tert-OH is 1. The number of hydrogen-bond acceptors (Lipinski definition) is 3. The lowest BCUT2D eigenvalue weighted by Gasteiger charge is -2.27. The van der Waals surface area contributed by atoms with Gasteiger partial charge < -0.3 is 15.7 Å². The smallest absolute Gasteiger partial charge is 0.315 e. The molecular weight excluding hydrogens is 232 g/mol. The van der Waals surface area contributed by atoms with Gasteiger partial charge in [0.25, 0.3) is 0 Å². The second kappa shape index (κ2) is 6.39. The quantitative estimate of drug-likeness (QED) is 0.637. The lowest BCUT2D eigenvalue weighted by molar-refractivity contribution is 0.174. The Bertz CT molecular complexity index is 358. The molecule has 0 spiro atoms. The third-order valence-corrected chi connectivity index (χ3v) is 3.44. The largest absolute Gasteiger partial charge is 0.396 e. The molecule has 0 aliphatic heterocycles. The number of carbonyl (C=O) groups is 1. The Kier molecular flexibility index (Phi) is 4.58. The third kappa shape index (κ3) is 3.73. The van der Waals surface area contributed by atoms with Crippen LogP contribution in [0.1, 0.15) is 31.4 Å². The van der Waals surface area contributed by atoms with Crippen LogP contribution in [0.2, 0.25) is 0 Å². The Balaban J connectivity index is 1.65. The molecule has 1 aliphatic carbocycles. The highest BCUT2D eigenvalue weighted by Gasteiger charge is 2.21. The van der Waals surface area contributed by atoms with E-state index in [0.717, 1.165) is 31.4 Å². The van der Waals surface area contributed by atoms with Crippen LogP contribution >= 0.6 is 0 Å². The van der Waals surface area contributed by atoms with Crippen LogP contribution in [0.5, 0.6) is 0 Å². The summed E-state index contributed by atoms with van der Waals surface area (Å²) in [6.45, 7) is 0.719. The minimum atomic E-state index is -0.142. The maximum atomic E-state index is 11.7. The zero-order chi connectivity index (χ0) is 12.8. The summed E-state index contributed by atoms with van der Waals surface area (Å²) in [6.07, 6.45) is 5.53. The highest BCUT2D eigenvalue weighted by Crippen LogP contribution is 2.23. The molecule has 6 nitrogen and oxygen atoms in total. The molecule has 1 aromatic heterocycles. The van der Waals surface area contributed by atoms with Gasteiger partial charge >= 0.3 is 6.03 Å². The van der Waals surface area contributed by atoms with Gasteiger partial charge in [0.05, 0.1) is 12.2 Å². The molecule has 0 aromatic carbocycles. The highest BCUT2D eigenvalue weighted by atomic mass is 16.3. The average Bonchev–Trinajstić information content (AvgIpc) is 2.90. The van der Waals surface area contributed by atoms with Crippen molar-refractivity contribution in [3.05, 3.63) is 18.0 Å². The SMILES string of the molecule is O=C(NCc1ccn[nH]1)NC1CCC(CO)CC1. The molecule has 1 aromatic rings. The number of aromatic amines is 1. The van der Waals surface area contributed by atoms with Crippen molar-refractivity contribution in [3.8, 4) is 0 Å². The van der Waals surface area contributed by atoms with E-state index in [2.05, 4.69) is 20.8 Å². The first-order valence-corrected chi connectivity index (χ1v) is 6.41. The van der Waals surface area contributed by atoms with Crippen LogP contribution in [0.25, 0.3) is 0 Å². The molecule has 2 rings (SSSR count). The highest BCUT2D eigenvalue weighted by molar-refractivity contribution is 5.74. The molecule has 100 valence electrons. The summed E-state index contributed by atoms with van der Waals surface area (Å²) < 4.78 is 0. The second-order valence-corrected chi connectivity index (χ2v) is 4.81. The summed E-state index contributed by atoms with van der Waals surface area (Å²) in [5, 5.41) is 21.4. The predicted octanol–water partition coefficient (Wildman–Crippen LogP) is 0.760. The van der Waals surface area contributed by atoms with E-state index in [1.54, 1.807) is 6.20 Å². The lowest BCUT2D eigenvalue weighted by Crippen LogP contribution is -2.43. The summed E-state index contributed by atoms with van der Waals surface area (Å²) in [6, 6.07) is 1.92. The summed E-state index contributed by atoms with van der Waals surface area (Å²) in [5.74, 6) is 0.413. The predicted molar refractivity (Wildman–Crippen MR) is 66.8 cm³/mol. The van der Waals surface area contributed by atoms with Gasteiger partial charge in [-0.2, -0.15) is 5.10 Å². The van der Waals surface area contributed by atoms with Crippen LogP contribution < -0.4 is 10.6 Å². The first-order valence-electron chi connectivity index (χ1n) is 6.41. The number of hydrogen-bond donors (Lipinski definition) is 4. The molecular formula is C12H20N4O2. The van der Waals surface area contributed by atoms with Crippen LogP contribution in [0.15, 0.2) is 12.3 Å². The van der Waals surface area contributed by atoms with E-state index in [1.165, 1.54) is 0 Å². The van der Waals surface area contributed by atoms with E-state index in [4.69, 9.17) is 5.11 Å². The van der Waals surface area contributed by atoms with Crippen molar-refractivity contribution in [1.82, 2.24) is 20.8 Å². The van der Waals surface area contributed by atoms with E-state index >= 15 is 0 Å². The van der Waals surface area contributed by atoms with Crippen molar-refractivity contribution in [2.75, 3.05) is 6.61 Å². The van der Waals surface area contributed by atoms with Gasteiger partial charge in [0.2, 0.25) is 0 Å². The maximum Gasteiger partial charge on any atom is 0.315 e. The van der Waals surface area contributed by atoms with Crippen LogP contribution in [0, 0.1) is 5.92 Å². The molecule has 1 heterocycles. The first kappa shape index (κ1) is 12.9. The van der Waals surface area contributed by atoms with Gasteiger partial charge in [0.15, 0.2) is 0 Å². The number of H-pyrrole nitrogens is 1. The molecule has 18 heavy (non-hydrogen) atoms. The van der Waals surface area contributed by atoms with Gasteiger partial charge in [0, 0.05) is 18.8 Å². The minimum Gasteiger partial charge on any atom is -0.396 e. The maximum absolute atomic E-state index is 11.7. The molecule has 0 bridgehead atoms. The number of rotatable bonds is 4. The summed E-state index contributed by atoms with van der Waals surface area (Å²) >= 11 is 0. The number of urea groups is 1. The molecule has 0 unspecified atom stereocenters. The number of carbonyl (C=O) groups excluding carboxylic acids is 1. The number of amides is 2. The standard InChI is InChI=1S/C12H20N4O2/c17-8-9-1-3-10(4-2-9)15-12(18)13-7-11-5-6-14-16-11/h5-6,9-10,17H,1-4,7-8H2,(H,14,16)(H2,13,15,18). The first-order chi connectivity index (χ1) is 8.78. The average molecular weight is 252 g/mol. The Morgan fingerprint density at radius 3 is 2.83 bits per heavy atom. The fourth-order valence-corrected chi connectivity index (χ4v) is 2.28. The molecule has 2 amide bonds. The van der Waals surface area contributed by atoms with E-state index < -0.39 is 0 Å². The van der Waals surface area contributed by atoms with Crippen molar-refractivity contribution < 1.29 is 9.90 Å². The fourth-order valence-electron chi connectivity index (χ4n) is 2.28. The van der Waals surface area contributed by atoms with Crippen LogP contribution in [-0.4, -0.2) is 34.0 Å². The van der Waals surface area contributed by atoms with Gasteiger partial charge in [-0.1, -0.05) is 0 Å². The topological polar surface area (TPSA) is 90.0 Å². The molecule has 1 saturated carbocycles. The second-order valence-electron chi connectivity index (χ2n) is 4.81. The minimum absolute atomic E-state index is 0.142. The third-order valence-electron chi connectivity index (χ3n) is 3.44. The number of aromatic nitrogens is 2. The molecule has 0 saturated heterocycles. The van der Waals surface area contributed by atoms with Gasteiger partial charge in [-0.3, -0.25) is 5.10 Å². The Morgan fingerprint density at radius 2 is 2.22 bits per heavy atom. The van der Waals surface area contributed by atoms with Crippen molar-refractivity contribution in [2.24, 2.45) is 5.92 Å². The van der Waals surface area contributed by atoms with E-state index in [9.17, 15) is 4.79 Å². The number of nitrogens with one attached hydrogen (secondary N) is 3. The molecule has 0 atom stereocenters. The number of nitrogens with zero attached hydrogens (tertiary/aromatic N) is 1. The summed E-state index contributed by atoms with van der Waals surface area (Å²) in [7, 11) is 0. The van der Waals surface area contributed by atoms with E-state index in [1.807, 2.05) is 6.07 Å². The van der Waals surface area contributed by atoms with Gasteiger partial charge in [-0.15, -0.1) is 0 Å². The van der Waals surface area contributed by atoms with Crippen molar-refractivity contribution in [3.63, 3.8) is 0 Å². The zero-order valence-corrected chi connectivity index (χ0v) is 10.4. The van der Waals surface area contributed by atoms with Gasteiger partial charge in [-0.25, -0.2) is 4.79 Å². The van der Waals surface area contributed by atoms with Crippen LogP contribution in [-0.2, 0) is 6.54 Å². The van der Waals surface area contributed by atoms with Gasteiger partial charge in [0.1, 0.15) is 0 Å². The zero-order valence-electron chi connectivity index (χ0n) is 10.4. The Morgan fingerprint density at radius 1 is 1.44 bits per heavy atom. The molecule has 1 fully saturated rings. The van der Waals surface area contributed by atoms with E-state index in [0.29, 0.717) is 12.5 Å². The normalized spacial score (nSPS) is 23.6. The molecule has 0 radical (unpaired) electrons. The van der Waals surface area contributed by atoms with Crippen LogP contribution in [0.3, 0.4) is 0 Å². The fraction of sp³-hybridized carbons (Fsp3) is 0.667. The molecule has 4 N–H and O–H groups in total. The summed E-state index contributed by atoms with van der Waals surface area (Å²) in [5.41, 5.74) is 0.883. The van der Waals surface area contributed by atoms with Crippen LogP contribution in [0.4, 0.5) is 4.79 Å².